The minimum absolute atomic E-state index is 0.0888. The van der Waals surface area contributed by atoms with Crippen molar-refractivity contribution in [3.05, 3.63) is 76.2 Å². The van der Waals surface area contributed by atoms with Crippen molar-refractivity contribution in [2.75, 3.05) is 13.1 Å². The van der Waals surface area contributed by atoms with E-state index in [-0.39, 0.29) is 40.9 Å². The first-order valence-corrected chi connectivity index (χ1v) is 11.3. The van der Waals surface area contributed by atoms with Crippen LogP contribution in [0.25, 0.3) is 11.3 Å². The standard InChI is InChI=1S/C26H23F3N4O3/c1-3-22(34)36-14-21-31-23(24(32-21)26(27,28)29)20-10-18(7-4-15(20)2)25(35)33-12-19(13-33)17-8-5-16(11-30)6-9-17/h4-10,19H,3,12-14H2,1-2H3,(H,31,32). The highest BCUT2D eigenvalue weighted by molar-refractivity contribution is 5.96. The van der Waals surface area contributed by atoms with E-state index in [1.807, 2.05) is 12.1 Å². The molecule has 7 nitrogen and oxygen atoms in total. The Hall–Kier alpha value is -4.13. The monoisotopic (exact) mass is 496 g/mol. The van der Waals surface area contributed by atoms with Gasteiger partial charge in [0.25, 0.3) is 5.91 Å². The summed E-state index contributed by atoms with van der Waals surface area (Å²) in [6, 6.07) is 13.8. The van der Waals surface area contributed by atoms with Crippen LogP contribution in [0.1, 0.15) is 57.8 Å². The number of aryl methyl sites for hydroxylation is 1. The molecule has 36 heavy (non-hydrogen) atoms. The number of aromatic amines is 1. The van der Waals surface area contributed by atoms with Gasteiger partial charge in [0.2, 0.25) is 0 Å². The molecule has 1 aromatic heterocycles. The van der Waals surface area contributed by atoms with Crippen LogP contribution in [0.3, 0.4) is 0 Å². The Bertz CT molecular complexity index is 1330. The zero-order chi connectivity index (χ0) is 26.0. The molecule has 1 fully saturated rings. The minimum atomic E-state index is -4.73. The first kappa shape index (κ1) is 25.0. The summed E-state index contributed by atoms with van der Waals surface area (Å²) in [5, 5.41) is 8.93. The van der Waals surface area contributed by atoms with Gasteiger partial charge in [-0.25, -0.2) is 4.98 Å². The van der Waals surface area contributed by atoms with Gasteiger partial charge >= 0.3 is 12.1 Å². The Morgan fingerprint density at radius 3 is 2.50 bits per heavy atom. The fourth-order valence-electron chi connectivity index (χ4n) is 4.02. The summed E-state index contributed by atoms with van der Waals surface area (Å²) < 4.78 is 46.2. The van der Waals surface area contributed by atoms with E-state index in [1.54, 1.807) is 43.0 Å². The van der Waals surface area contributed by atoms with Gasteiger partial charge in [-0.1, -0.05) is 25.1 Å². The number of nitrogens with one attached hydrogen (secondary N) is 1. The molecule has 1 N–H and O–H groups in total. The van der Waals surface area contributed by atoms with Crippen molar-refractivity contribution in [2.24, 2.45) is 0 Å². The van der Waals surface area contributed by atoms with Gasteiger partial charge < -0.3 is 14.6 Å². The highest BCUT2D eigenvalue weighted by Crippen LogP contribution is 2.37. The van der Waals surface area contributed by atoms with E-state index in [1.165, 1.54) is 6.07 Å². The van der Waals surface area contributed by atoms with E-state index in [4.69, 9.17) is 10.00 Å². The van der Waals surface area contributed by atoms with Crippen molar-refractivity contribution in [3.8, 4) is 17.3 Å². The molecule has 0 spiro atoms. The number of ether oxygens (including phenoxy) is 1. The maximum Gasteiger partial charge on any atom is 0.433 e. The summed E-state index contributed by atoms with van der Waals surface area (Å²) in [6.45, 7) is 3.74. The maximum absolute atomic E-state index is 13.8. The molecule has 2 heterocycles. The molecule has 0 saturated carbocycles. The predicted octanol–water partition coefficient (Wildman–Crippen LogP) is 4.97. The molecule has 1 amide bonds. The maximum atomic E-state index is 13.8. The van der Waals surface area contributed by atoms with Crippen molar-refractivity contribution >= 4 is 11.9 Å². The lowest BCUT2D eigenvalue weighted by Gasteiger charge is -2.39. The fourth-order valence-corrected chi connectivity index (χ4v) is 4.02. The topological polar surface area (TPSA) is 99.1 Å². The van der Waals surface area contributed by atoms with Crippen LogP contribution in [0.4, 0.5) is 13.2 Å². The number of aromatic nitrogens is 2. The number of esters is 1. The second kappa shape index (κ2) is 9.85. The molecule has 186 valence electrons. The largest absolute Gasteiger partial charge is 0.458 e. The van der Waals surface area contributed by atoms with Crippen molar-refractivity contribution < 1.29 is 27.5 Å². The second-order valence-electron chi connectivity index (χ2n) is 8.59. The first-order chi connectivity index (χ1) is 17.1. The van der Waals surface area contributed by atoms with Gasteiger partial charge in [0, 0.05) is 36.6 Å². The number of amides is 1. The van der Waals surface area contributed by atoms with E-state index in [9.17, 15) is 22.8 Å². The third kappa shape index (κ3) is 5.10. The van der Waals surface area contributed by atoms with Crippen LogP contribution in [-0.4, -0.2) is 39.8 Å². The molecular formula is C26H23F3N4O3. The summed E-state index contributed by atoms with van der Waals surface area (Å²) in [6.07, 6.45) is -4.64. The third-order valence-corrected chi connectivity index (χ3v) is 6.11. The molecule has 3 aromatic rings. The molecule has 1 aliphatic heterocycles. The number of carbonyl (C=O) groups is 2. The van der Waals surface area contributed by atoms with E-state index < -0.39 is 24.4 Å². The molecule has 0 radical (unpaired) electrons. The SMILES string of the molecule is CCC(=O)OCc1nc(-c2cc(C(=O)N3CC(c4ccc(C#N)cc4)C3)ccc2C)c(C(F)(F)F)[nH]1. The summed E-state index contributed by atoms with van der Waals surface area (Å²) in [5.74, 6) is -0.854. The quantitative estimate of drug-likeness (QED) is 0.486. The highest BCUT2D eigenvalue weighted by Gasteiger charge is 2.38. The van der Waals surface area contributed by atoms with Crippen LogP contribution >= 0.6 is 0 Å². The number of alkyl halides is 3. The van der Waals surface area contributed by atoms with Crippen LogP contribution in [0, 0.1) is 18.3 Å². The number of nitrogens with zero attached hydrogens (tertiary/aromatic N) is 3. The molecule has 1 saturated heterocycles. The molecule has 0 bridgehead atoms. The molecule has 0 unspecified atom stereocenters. The Labute approximate surface area is 205 Å². The zero-order valence-corrected chi connectivity index (χ0v) is 19.6. The lowest BCUT2D eigenvalue weighted by Crippen LogP contribution is -2.48. The molecular weight excluding hydrogens is 473 g/mol. The van der Waals surface area contributed by atoms with Gasteiger partial charge in [0.15, 0.2) is 0 Å². The summed E-state index contributed by atoms with van der Waals surface area (Å²) in [7, 11) is 0. The first-order valence-electron chi connectivity index (χ1n) is 11.3. The summed E-state index contributed by atoms with van der Waals surface area (Å²) in [5.41, 5.74) is 1.09. The number of carbonyl (C=O) groups excluding carboxylic acids is 2. The number of imidazole rings is 1. The predicted molar refractivity (Wildman–Crippen MR) is 124 cm³/mol. The molecule has 4 rings (SSSR count). The normalized spacial score (nSPS) is 13.7. The number of benzene rings is 2. The van der Waals surface area contributed by atoms with Crippen LogP contribution in [0.15, 0.2) is 42.5 Å². The third-order valence-electron chi connectivity index (χ3n) is 6.11. The lowest BCUT2D eigenvalue weighted by molar-refractivity contribution is -0.144. The van der Waals surface area contributed by atoms with Crippen molar-refractivity contribution in [3.63, 3.8) is 0 Å². The van der Waals surface area contributed by atoms with Crippen LogP contribution in [-0.2, 0) is 22.3 Å². The van der Waals surface area contributed by atoms with E-state index in [2.05, 4.69) is 16.0 Å². The molecule has 0 atom stereocenters. The molecule has 2 aromatic carbocycles. The van der Waals surface area contributed by atoms with Crippen molar-refractivity contribution in [1.29, 1.82) is 5.26 Å². The Morgan fingerprint density at radius 1 is 1.19 bits per heavy atom. The summed E-state index contributed by atoms with van der Waals surface area (Å²) in [4.78, 5) is 32.4. The lowest BCUT2D eigenvalue weighted by atomic mass is 9.90. The number of H-pyrrole nitrogens is 1. The van der Waals surface area contributed by atoms with Gasteiger partial charge in [0.05, 0.1) is 11.6 Å². The highest BCUT2D eigenvalue weighted by atomic mass is 19.4. The van der Waals surface area contributed by atoms with Gasteiger partial charge in [0.1, 0.15) is 23.8 Å². The number of hydrogen-bond donors (Lipinski definition) is 1. The number of rotatable bonds is 6. The fraction of sp³-hybridized carbons (Fsp3) is 0.308. The average molecular weight is 496 g/mol. The van der Waals surface area contributed by atoms with E-state index >= 15 is 0 Å². The average Bonchev–Trinajstić information content (AvgIpc) is 3.27. The number of hydrogen-bond acceptors (Lipinski definition) is 5. The number of halogens is 3. The van der Waals surface area contributed by atoms with Crippen LogP contribution < -0.4 is 0 Å². The Balaban J connectivity index is 1.56. The van der Waals surface area contributed by atoms with Crippen molar-refractivity contribution in [1.82, 2.24) is 14.9 Å². The number of nitriles is 1. The van der Waals surface area contributed by atoms with Gasteiger partial charge in [-0.15, -0.1) is 0 Å². The number of likely N-dealkylation sites (tertiary alicyclic amines) is 1. The second-order valence-corrected chi connectivity index (χ2v) is 8.59. The minimum Gasteiger partial charge on any atom is -0.458 e. The van der Waals surface area contributed by atoms with Crippen molar-refractivity contribution in [2.45, 2.75) is 39.0 Å². The Kier molecular flexibility index (Phi) is 6.84. The van der Waals surface area contributed by atoms with Gasteiger partial charge in [-0.2, -0.15) is 18.4 Å². The smallest absolute Gasteiger partial charge is 0.433 e. The van der Waals surface area contributed by atoms with Gasteiger partial charge in [-0.05, 0) is 42.3 Å². The molecule has 10 heteroatoms. The molecule has 1 aliphatic rings. The van der Waals surface area contributed by atoms with Crippen LogP contribution in [0.5, 0.6) is 0 Å². The molecule has 0 aliphatic carbocycles. The van der Waals surface area contributed by atoms with E-state index in [0.29, 0.717) is 24.2 Å². The van der Waals surface area contributed by atoms with Gasteiger partial charge in [-0.3, -0.25) is 9.59 Å². The summed E-state index contributed by atoms with van der Waals surface area (Å²) >= 11 is 0. The zero-order valence-electron chi connectivity index (χ0n) is 19.6. The van der Waals surface area contributed by atoms with Crippen LogP contribution in [0.2, 0.25) is 0 Å². The van der Waals surface area contributed by atoms with E-state index in [0.717, 1.165) is 5.56 Å². The Morgan fingerprint density at radius 2 is 1.89 bits per heavy atom.